The molecule has 0 saturated heterocycles. The predicted octanol–water partition coefficient (Wildman–Crippen LogP) is 16.8. The van der Waals surface area contributed by atoms with E-state index in [1.54, 1.807) is 15.9 Å². The predicted molar refractivity (Wildman–Crippen MR) is 334 cm³/mol. The molecule has 3 aliphatic carbocycles. The van der Waals surface area contributed by atoms with Crippen LogP contribution >= 0.6 is 11.3 Å². The van der Waals surface area contributed by atoms with Gasteiger partial charge >= 0.3 is 0 Å². The van der Waals surface area contributed by atoms with E-state index in [0.29, 0.717) is 0 Å². The fourth-order valence-electron chi connectivity index (χ4n) is 15.8. The van der Waals surface area contributed by atoms with Crippen molar-refractivity contribution in [3.8, 4) is 22.3 Å². The van der Waals surface area contributed by atoms with Crippen molar-refractivity contribution in [1.82, 2.24) is 0 Å². The standard InChI is InChI=1S/C71H77BN2SSi/c1-42-33-58-63-59(34-42)74(56-39-53-51(68(6,7)29-31-70(53,10)11)36-46(56)43-21-17-16-18-22-43)57-38-47-45-23-19-20-24-61(45)76(14,15)62(47)41-55(57)72(63)65-64(48-37-52-54(40-60(48)75-65)71(12,13)32-30-69(52,8)9)73(58)44-25-26-49-50(35-44)67(4,5)28-27-66(49,2)3/h16-26,33-41H,27-32H2,1-15H3. The van der Waals surface area contributed by atoms with E-state index in [1.165, 1.54) is 148 Å². The van der Waals surface area contributed by atoms with Gasteiger partial charge in [0.1, 0.15) is 8.07 Å². The van der Waals surface area contributed by atoms with Gasteiger partial charge in [0, 0.05) is 43.2 Å². The number of fused-ring (bicyclic) bond motifs is 12. The molecule has 0 spiro atoms. The highest BCUT2D eigenvalue weighted by molar-refractivity contribution is 7.33. The molecule has 0 atom stereocenters. The Balaban J connectivity index is 1.14. The third-order valence-corrected chi connectivity index (χ3v) is 25.6. The van der Waals surface area contributed by atoms with Crippen molar-refractivity contribution in [3.63, 3.8) is 0 Å². The molecule has 0 N–H and O–H groups in total. The summed E-state index contributed by atoms with van der Waals surface area (Å²) in [5.41, 5.74) is 27.1. The second-order valence-electron chi connectivity index (χ2n) is 29.0. The van der Waals surface area contributed by atoms with E-state index in [-0.39, 0.29) is 39.2 Å². The molecule has 0 radical (unpaired) electrons. The fraction of sp³-hybridized carbons (Fsp3) is 0.380. The molecule has 384 valence electrons. The number of aryl methyl sites for hydroxylation is 1. The largest absolute Gasteiger partial charge is 0.311 e. The van der Waals surface area contributed by atoms with Crippen LogP contribution in [-0.4, -0.2) is 14.8 Å². The first kappa shape index (κ1) is 48.7. The van der Waals surface area contributed by atoms with Gasteiger partial charge in [0.15, 0.2) is 0 Å². The molecule has 5 heteroatoms. The molecule has 3 aliphatic heterocycles. The van der Waals surface area contributed by atoms with Gasteiger partial charge < -0.3 is 9.80 Å². The van der Waals surface area contributed by atoms with Gasteiger partial charge in [0.25, 0.3) is 6.71 Å². The zero-order valence-corrected chi connectivity index (χ0v) is 50.0. The molecule has 8 aromatic rings. The second kappa shape index (κ2) is 15.6. The van der Waals surface area contributed by atoms with Crippen LogP contribution in [0.2, 0.25) is 13.1 Å². The third kappa shape index (κ3) is 6.69. The quantitative estimate of drug-likeness (QED) is 0.163. The highest BCUT2D eigenvalue weighted by Gasteiger charge is 2.50. The average Bonchev–Trinajstić information content (AvgIpc) is 3.86. The van der Waals surface area contributed by atoms with E-state index in [4.69, 9.17) is 0 Å². The summed E-state index contributed by atoms with van der Waals surface area (Å²) in [6, 6.07) is 49.7. The Bertz CT molecular complexity index is 3840. The van der Waals surface area contributed by atoms with E-state index in [9.17, 15) is 0 Å². The normalized spacial score (nSPS) is 20.6. The zero-order chi connectivity index (χ0) is 53.2. The molecular weight excluding hydrogens is 952 g/mol. The van der Waals surface area contributed by atoms with E-state index in [0.717, 1.165) is 6.42 Å². The van der Waals surface area contributed by atoms with Crippen LogP contribution in [0, 0.1) is 6.92 Å². The van der Waals surface area contributed by atoms with Crippen molar-refractivity contribution in [3.05, 3.63) is 160 Å². The summed E-state index contributed by atoms with van der Waals surface area (Å²) in [6.45, 7) is 37.5. The molecule has 1 aromatic heterocycles. The number of rotatable bonds is 3. The Labute approximate surface area is 460 Å². The fourth-order valence-corrected chi connectivity index (χ4v) is 20.2. The molecular formula is C71H77BN2SSi. The van der Waals surface area contributed by atoms with Crippen LogP contribution in [-0.2, 0) is 32.5 Å². The number of hydrogen-bond acceptors (Lipinski definition) is 3. The lowest BCUT2D eigenvalue weighted by molar-refractivity contribution is 0.332. The number of benzene rings is 7. The van der Waals surface area contributed by atoms with Crippen molar-refractivity contribution in [2.45, 2.75) is 174 Å². The van der Waals surface area contributed by atoms with E-state index in [2.05, 4.69) is 246 Å². The minimum Gasteiger partial charge on any atom is -0.311 e. The number of nitrogens with zero attached hydrogens (tertiary/aromatic N) is 2. The third-order valence-electron chi connectivity index (χ3n) is 20.9. The van der Waals surface area contributed by atoms with Crippen LogP contribution in [0.4, 0.5) is 34.1 Å². The lowest BCUT2D eigenvalue weighted by Crippen LogP contribution is -2.62. The topological polar surface area (TPSA) is 6.48 Å². The summed E-state index contributed by atoms with van der Waals surface area (Å²) < 4.78 is 2.90. The Hall–Kier alpha value is -5.62. The molecule has 0 fully saturated rings. The number of anilines is 6. The van der Waals surface area contributed by atoms with E-state index < -0.39 is 8.07 Å². The van der Waals surface area contributed by atoms with Gasteiger partial charge in [-0.1, -0.05) is 163 Å². The highest BCUT2D eigenvalue weighted by atomic mass is 32.1. The monoisotopic (exact) mass is 1030 g/mol. The van der Waals surface area contributed by atoms with Crippen molar-refractivity contribution < 1.29 is 0 Å². The maximum absolute atomic E-state index is 2.78. The van der Waals surface area contributed by atoms with Gasteiger partial charge in [0.05, 0.1) is 11.4 Å². The molecule has 0 unspecified atom stereocenters. The zero-order valence-electron chi connectivity index (χ0n) is 48.2. The van der Waals surface area contributed by atoms with Gasteiger partial charge in [-0.15, -0.1) is 11.3 Å². The summed E-state index contributed by atoms with van der Waals surface area (Å²) in [5, 5.41) is 4.54. The summed E-state index contributed by atoms with van der Waals surface area (Å²) in [7, 11) is -2.10. The Morgan fingerprint density at radius 1 is 0.447 bits per heavy atom. The van der Waals surface area contributed by atoms with Gasteiger partial charge in [0.2, 0.25) is 0 Å². The molecule has 76 heavy (non-hydrogen) atoms. The molecule has 0 amide bonds. The van der Waals surface area contributed by atoms with Crippen molar-refractivity contribution in [2.75, 3.05) is 9.80 Å². The lowest BCUT2D eigenvalue weighted by atomic mass is 9.36. The molecule has 0 saturated carbocycles. The minimum absolute atomic E-state index is 0.0222. The van der Waals surface area contributed by atoms with Gasteiger partial charge in [-0.25, -0.2) is 0 Å². The van der Waals surface area contributed by atoms with Crippen LogP contribution < -0.4 is 35.9 Å². The lowest BCUT2D eigenvalue weighted by Gasteiger charge is -2.46. The summed E-state index contributed by atoms with van der Waals surface area (Å²) >= 11 is 2.09. The van der Waals surface area contributed by atoms with Crippen molar-refractivity contribution in [2.24, 2.45) is 0 Å². The minimum atomic E-state index is -2.10. The molecule has 6 aliphatic rings. The van der Waals surface area contributed by atoms with Crippen LogP contribution in [0.15, 0.2) is 121 Å². The number of hydrogen-bond donors (Lipinski definition) is 0. The SMILES string of the molecule is Cc1cc2c3c(c1)N(c1ccc4c(c1)C(C)(C)CCC4(C)C)c1c(sc4cc5c(cc14)C(C)(C)CCC5(C)C)B3c1cc3c(cc1N2c1cc2c(cc1-c1ccccc1)C(C)(C)CCC2(C)C)-c1ccccc1[Si]3(C)C. The first-order chi connectivity index (χ1) is 35.8. The number of thiophene rings is 1. The smallest absolute Gasteiger partial charge is 0.264 e. The van der Waals surface area contributed by atoms with Crippen molar-refractivity contribution in [1.29, 1.82) is 0 Å². The van der Waals surface area contributed by atoms with Gasteiger partial charge in [-0.3, -0.25) is 0 Å². The first-order valence-corrected chi connectivity index (χ1v) is 32.6. The molecule has 2 nitrogen and oxygen atoms in total. The van der Waals surface area contributed by atoms with Gasteiger partial charge in [-0.05, 0) is 209 Å². The second-order valence-corrected chi connectivity index (χ2v) is 34.4. The van der Waals surface area contributed by atoms with Crippen LogP contribution in [0.1, 0.15) is 161 Å². The molecule has 14 rings (SSSR count). The van der Waals surface area contributed by atoms with Crippen LogP contribution in [0.3, 0.4) is 0 Å². The Morgan fingerprint density at radius 3 is 1.63 bits per heavy atom. The Kier molecular flexibility index (Phi) is 9.98. The van der Waals surface area contributed by atoms with Gasteiger partial charge in [-0.2, -0.15) is 0 Å². The molecule has 7 aromatic carbocycles. The Morgan fingerprint density at radius 2 is 0.987 bits per heavy atom. The first-order valence-electron chi connectivity index (χ1n) is 28.8. The molecule has 4 heterocycles. The van der Waals surface area contributed by atoms with E-state index >= 15 is 0 Å². The summed E-state index contributed by atoms with van der Waals surface area (Å²) in [5.74, 6) is 0. The average molecular weight is 1030 g/mol. The van der Waals surface area contributed by atoms with E-state index in [1.807, 2.05) is 0 Å². The summed E-state index contributed by atoms with van der Waals surface area (Å²) in [6.07, 6.45) is 7.11. The van der Waals surface area contributed by atoms with Crippen LogP contribution in [0.25, 0.3) is 32.3 Å². The molecule has 0 bridgehead atoms. The van der Waals surface area contributed by atoms with Crippen LogP contribution in [0.5, 0.6) is 0 Å². The maximum Gasteiger partial charge on any atom is 0.264 e. The maximum atomic E-state index is 2.78. The summed E-state index contributed by atoms with van der Waals surface area (Å²) in [4.78, 5) is 5.57. The highest BCUT2D eigenvalue weighted by Crippen LogP contribution is 2.57. The van der Waals surface area contributed by atoms with Crippen molar-refractivity contribution >= 4 is 96.4 Å².